The van der Waals surface area contributed by atoms with Gasteiger partial charge in [0, 0.05) is 18.3 Å². The number of hydrogen-bond donors (Lipinski definition) is 2. The molecule has 1 aromatic heterocycles. The second-order valence-corrected chi connectivity index (χ2v) is 5.40. The van der Waals surface area contributed by atoms with Crippen LogP contribution in [-0.2, 0) is 0 Å². The number of hydrogen-bond acceptors (Lipinski definition) is 4. The van der Waals surface area contributed by atoms with Crippen molar-refractivity contribution in [2.45, 2.75) is 26.8 Å². The van der Waals surface area contributed by atoms with Crippen molar-refractivity contribution >= 4 is 11.6 Å². The van der Waals surface area contributed by atoms with Crippen LogP contribution in [0.15, 0.2) is 41.2 Å². The fourth-order valence-electron chi connectivity index (χ4n) is 1.99. The number of ether oxygens (including phenoxy) is 1. The number of rotatable bonds is 7. The maximum absolute atomic E-state index is 11.9. The molecule has 0 saturated heterocycles. The molecule has 0 saturated carbocycles. The van der Waals surface area contributed by atoms with Crippen molar-refractivity contribution in [2.24, 2.45) is 0 Å². The van der Waals surface area contributed by atoms with Crippen LogP contribution in [0.4, 0.5) is 5.69 Å². The number of carbonyl (C=O) groups is 1. The fraction of sp³-hybridized carbons (Fsp3) is 0.353. The zero-order valence-corrected chi connectivity index (χ0v) is 13.2. The van der Waals surface area contributed by atoms with E-state index in [4.69, 9.17) is 9.15 Å². The van der Waals surface area contributed by atoms with Gasteiger partial charge in [0.2, 0.25) is 0 Å². The van der Waals surface area contributed by atoms with E-state index in [9.17, 15) is 4.79 Å². The summed E-state index contributed by atoms with van der Waals surface area (Å²) >= 11 is 0. The monoisotopic (exact) mass is 302 g/mol. The minimum absolute atomic E-state index is 0.192. The van der Waals surface area contributed by atoms with Crippen molar-refractivity contribution < 1.29 is 13.9 Å². The van der Waals surface area contributed by atoms with Crippen LogP contribution in [0.5, 0.6) is 5.75 Å². The lowest BCUT2D eigenvalue weighted by atomic mass is 10.2. The van der Waals surface area contributed by atoms with Gasteiger partial charge in [0.1, 0.15) is 18.6 Å². The van der Waals surface area contributed by atoms with Crippen molar-refractivity contribution in [2.75, 3.05) is 18.5 Å². The second kappa shape index (κ2) is 7.66. The quantitative estimate of drug-likeness (QED) is 0.771. The molecule has 5 heteroatoms. The summed E-state index contributed by atoms with van der Waals surface area (Å²) in [4.78, 5) is 11.9. The first kappa shape index (κ1) is 16.1. The molecule has 0 unspecified atom stereocenters. The molecule has 5 nitrogen and oxygen atoms in total. The zero-order valence-electron chi connectivity index (χ0n) is 13.2. The second-order valence-electron chi connectivity index (χ2n) is 5.40. The van der Waals surface area contributed by atoms with Gasteiger partial charge >= 0.3 is 0 Å². The predicted molar refractivity (Wildman–Crippen MR) is 86.5 cm³/mol. The maximum Gasteiger partial charge on any atom is 0.258 e. The van der Waals surface area contributed by atoms with E-state index in [1.807, 2.05) is 25.1 Å². The van der Waals surface area contributed by atoms with E-state index in [2.05, 4.69) is 24.5 Å². The van der Waals surface area contributed by atoms with E-state index in [0.717, 1.165) is 23.5 Å². The van der Waals surface area contributed by atoms with Crippen molar-refractivity contribution in [1.82, 2.24) is 5.32 Å². The van der Waals surface area contributed by atoms with Crippen LogP contribution in [-0.4, -0.2) is 25.1 Å². The minimum Gasteiger partial charge on any atom is -0.492 e. The van der Waals surface area contributed by atoms with E-state index in [1.165, 1.54) is 12.5 Å². The number of anilines is 1. The Morgan fingerprint density at radius 1 is 1.32 bits per heavy atom. The number of carbonyl (C=O) groups excluding carboxylic acids is 1. The summed E-state index contributed by atoms with van der Waals surface area (Å²) < 4.78 is 10.6. The molecule has 0 spiro atoms. The number of furan rings is 1. The van der Waals surface area contributed by atoms with Gasteiger partial charge in [-0.25, -0.2) is 0 Å². The summed E-state index contributed by atoms with van der Waals surface area (Å²) in [5, 5.41) is 6.13. The largest absolute Gasteiger partial charge is 0.492 e. The van der Waals surface area contributed by atoms with Gasteiger partial charge in [0.15, 0.2) is 0 Å². The molecule has 2 N–H and O–H groups in total. The fourth-order valence-corrected chi connectivity index (χ4v) is 1.99. The van der Waals surface area contributed by atoms with Gasteiger partial charge in [-0.1, -0.05) is 13.8 Å². The summed E-state index contributed by atoms with van der Waals surface area (Å²) in [7, 11) is 0. The molecule has 0 bridgehead atoms. The molecule has 0 aliphatic rings. The highest BCUT2D eigenvalue weighted by molar-refractivity contribution is 6.04. The smallest absolute Gasteiger partial charge is 0.258 e. The van der Waals surface area contributed by atoms with Gasteiger partial charge < -0.3 is 19.8 Å². The lowest BCUT2D eigenvalue weighted by Gasteiger charge is -2.12. The van der Waals surface area contributed by atoms with Gasteiger partial charge in [-0.05, 0) is 36.8 Å². The maximum atomic E-state index is 11.9. The zero-order chi connectivity index (χ0) is 15.9. The third kappa shape index (κ3) is 4.63. The Morgan fingerprint density at radius 2 is 2.14 bits per heavy atom. The van der Waals surface area contributed by atoms with Crippen LogP contribution >= 0.6 is 0 Å². The third-order valence-electron chi connectivity index (χ3n) is 3.13. The van der Waals surface area contributed by atoms with E-state index < -0.39 is 0 Å². The van der Waals surface area contributed by atoms with Crippen LogP contribution in [0.2, 0.25) is 0 Å². The lowest BCUT2D eigenvalue weighted by molar-refractivity contribution is 0.102. The van der Waals surface area contributed by atoms with Gasteiger partial charge in [-0.2, -0.15) is 0 Å². The van der Waals surface area contributed by atoms with E-state index in [0.29, 0.717) is 18.2 Å². The normalized spacial score (nSPS) is 10.7. The topological polar surface area (TPSA) is 63.5 Å². The van der Waals surface area contributed by atoms with E-state index in [-0.39, 0.29) is 5.91 Å². The molecule has 0 fully saturated rings. The molecule has 0 atom stereocenters. The molecule has 0 aliphatic carbocycles. The Hall–Kier alpha value is -2.27. The summed E-state index contributed by atoms with van der Waals surface area (Å²) in [5.74, 6) is 0.634. The van der Waals surface area contributed by atoms with E-state index in [1.54, 1.807) is 6.07 Å². The van der Waals surface area contributed by atoms with Crippen LogP contribution in [0.3, 0.4) is 0 Å². The summed E-state index contributed by atoms with van der Waals surface area (Å²) in [6.07, 6.45) is 2.89. The highest BCUT2D eigenvalue weighted by atomic mass is 16.5. The van der Waals surface area contributed by atoms with Crippen molar-refractivity contribution in [3.05, 3.63) is 47.9 Å². The Kier molecular flexibility index (Phi) is 5.61. The Bertz CT molecular complexity index is 606. The Balaban J connectivity index is 1.90. The molecule has 118 valence electrons. The Morgan fingerprint density at radius 3 is 2.77 bits per heavy atom. The standard InChI is InChI=1S/C17H22N2O3/c1-12(2)18-7-9-22-16-5-4-15(10-13(16)3)19-17(20)14-6-8-21-11-14/h4-6,8,10-12,18H,7,9H2,1-3H3,(H,19,20). The van der Waals surface area contributed by atoms with Crippen LogP contribution in [0.25, 0.3) is 0 Å². The van der Waals surface area contributed by atoms with Gasteiger partial charge in [-0.3, -0.25) is 4.79 Å². The minimum atomic E-state index is -0.192. The highest BCUT2D eigenvalue weighted by Crippen LogP contribution is 2.22. The highest BCUT2D eigenvalue weighted by Gasteiger charge is 2.08. The number of nitrogens with one attached hydrogen (secondary N) is 2. The van der Waals surface area contributed by atoms with Crippen molar-refractivity contribution in [3.8, 4) is 5.75 Å². The first-order chi connectivity index (χ1) is 10.6. The SMILES string of the molecule is Cc1cc(NC(=O)c2ccoc2)ccc1OCCNC(C)C. The molecule has 1 aromatic carbocycles. The average Bonchev–Trinajstić information content (AvgIpc) is 2.99. The number of benzene rings is 1. The lowest BCUT2D eigenvalue weighted by Crippen LogP contribution is -2.27. The molecule has 0 radical (unpaired) electrons. The first-order valence-corrected chi connectivity index (χ1v) is 7.36. The van der Waals surface area contributed by atoms with Crippen LogP contribution in [0, 0.1) is 6.92 Å². The molecule has 2 aromatic rings. The molecule has 0 aliphatic heterocycles. The molecular weight excluding hydrogens is 280 g/mol. The van der Waals surface area contributed by atoms with Gasteiger partial charge in [0.25, 0.3) is 5.91 Å². The van der Waals surface area contributed by atoms with Gasteiger partial charge in [0.05, 0.1) is 11.8 Å². The summed E-state index contributed by atoms with van der Waals surface area (Å²) in [6.45, 7) is 7.57. The first-order valence-electron chi connectivity index (χ1n) is 7.36. The summed E-state index contributed by atoms with van der Waals surface area (Å²) in [5.41, 5.74) is 2.21. The molecule has 1 heterocycles. The molecule has 22 heavy (non-hydrogen) atoms. The van der Waals surface area contributed by atoms with Crippen LogP contribution in [0.1, 0.15) is 29.8 Å². The van der Waals surface area contributed by atoms with E-state index >= 15 is 0 Å². The third-order valence-corrected chi connectivity index (χ3v) is 3.13. The van der Waals surface area contributed by atoms with Crippen molar-refractivity contribution in [1.29, 1.82) is 0 Å². The average molecular weight is 302 g/mol. The van der Waals surface area contributed by atoms with Crippen molar-refractivity contribution in [3.63, 3.8) is 0 Å². The number of aryl methyl sites for hydroxylation is 1. The Labute approximate surface area is 130 Å². The van der Waals surface area contributed by atoms with Crippen LogP contribution < -0.4 is 15.4 Å². The molecule has 2 rings (SSSR count). The molecular formula is C17H22N2O3. The van der Waals surface area contributed by atoms with Gasteiger partial charge in [-0.15, -0.1) is 0 Å². The predicted octanol–water partition coefficient (Wildman–Crippen LogP) is 3.22. The molecule has 1 amide bonds. The number of amides is 1. The summed E-state index contributed by atoms with van der Waals surface area (Å²) in [6, 6.07) is 7.67.